The molecular weight excluding hydrogens is 260 g/mol. The standard InChI is InChI=1S/C18H34N2O/c1-15-7-9-18(10-8-15,13-19-16-5-6-16)14-20-11-3-4-17(12-20)21-2/h15-17,19H,3-14H2,1-2H3. The molecule has 2 saturated carbocycles. The van der Waals surface area contributed by atoms with Gasteiger partial charge in [-0.05, 0) is 56.4 Å². The third-order valence-electron chi connectivity index (χ3n) is 6.03. The average molecular weight is 294 g/mol. The molecule has 0 aromatic rings. The quantitative estimate of drug-likeness (QED) is 0.815. The minimum Gasteiger partial charge on any atom is -0.380 e. The molecule has 0 aromatic heterocycles. The molecule has 1 saturated heterocycles. The molecule has 0 spiro atoms. The lowest BCUT2D eigenvalue weighted by Gasteiger charge is -2.45. The van der Waals surface area contributed by atoms with Crippen LogP contribution in [0, 0.1) is 11.3 Å². The van der Waals surface area contributed by atoms with Crippen molar-refractivity contribution in [3.8, 4) is 0 Å². The van der Waals surface area contributed by atoms with Crippen molar-refractivity contribution < 1.29 is 4.74 Å². The zero-order valence-electron chi connectivity index (χ0n) is 14.1. The lowest BCUT2D eigenvalue weighted by atomic mass is 9.70. The van der Waals surface area contributed by atoms with Gasteiger partial charge in [-0.3, -0.25) is 0 Å². The molecule has 1 aliphatic heterocycles. The summed E-state index contributed by atoms with van der Waals surface area (Å²) in [6.07, 6.45) is 11.5. The molecule has 1 heterocycles. The highest BCUT2D eigenvalue weighted by Gasteiger charge is 2.38. The third kappa shape index (κ3) is 4.43. The minimum atomic E-state index is 0.467. The molecular formula is C18H34N2O. The first-order valence-corrected chi connectivity index (χ1v) is 9.18. The molecule has 0 bridgehead atoms. The van der Waals surface area contributed by atoms with Crippen LogP contribution in [0.4, 0.5) is 0 Å². The molecule has 3 rings (SSSR count). The van der Waals surface area contributed by atoms with Crippen molar-refractivity contribution in [1.29, 1.82) is 0 Å². The maximum absolute atomic E-state index is 5.61. The molecule has 21 heavy (non-hydrogen) atoms. The van der Waals surface area contributed by atoms with E-state index in [4.69, 9.17) is 4.74 Å². The first-order chi connectivity index (χ1) is 10.2. The molecule has 3 fully saturated rings. The molecule has 0 radical (unpaired) electrons. The molecule has 1 unspecified atom stereocenters. The Bertz CT molecular complexity index is 321. The van der Waals surface area contributed by atoms with Gasteiger partial charge in [-0.2, -0.15) is 0 Å². The van der Waals surface area contributed by atoms with Gasteiger partial charge in [-0.25, -0.2) is 0 Å². The van der Waals surface area contributed by atoms with Crippen LogP contribution < -0.4 is 5.32 Å². The number of likely N-dealkylation sites (tertiary alicyclic amines) is 1. The van der Waals surface area contributed by atoms with E-state index in [9.17, 15) is 0 Å². The van der Waals surface area contributed by atoms with Crippen molar-refractivity contribution in [2.45, 2.75) is 70.4 Å². The lowest BCUT2D eigenvalue weighted by Crippen LogP contribution is -2.50. The van der Waals surface area contributed by atoms with Gasteiger partial charge in [-0.1, -0.05) is 19.8 Å². The second kappa shape index (κ2) is 6.97. The fraction of sp³-hybridized carbons (Fsp3) is 1.00. The summed E-state index contributed by atoms with van der Waals surface area (Å²) in [5.74, 6) is 0.937. The Morgan fingerprint density at radius 3 is 2.57 bits per heavy atom. The Labute approximate surface area is 130 Å². The first kappa shape index (κ1) is 15.8. The SMILES string of the molecule is COC1CCCN(CC2(CNC3CC3)CCC(C)CC2)C1. The average Bonchev–Trinajstić information content (AvgIpc) is 3.33. The normalized spacial score (nSPS) is 38.6. The smallest absolute Gasteiger partial charge is 0.0698 e. The van der Waals surface area contributed by atoms with E-state index < -0.39 is 0 Å². The highest BCUT2D eigenvalue weighted by atomic mass is 16.5. The molecule has 3 aliphatic rings. The summed E-state index contributed by atoms with van der Waals surface area (Å²) in [6.45, 7) is 7.40. The number of nitrogens with zero attached hydrogens (tertiary/aromatic N) is 1. The zero-order chi connectivity index (χ0) is 14.7. The van der Waals surface area contributed by atoms with Gasteiger partial charge in [0.2, 0.25) is 0 Å². The Morgan fingerprint density at radius 1 is 1.14 bits per heavy atom. The maximum atomic E-state index is 5.61. The largest absolute Gasteiger partial charge is 0.380 e. The predicted molar refractivity (Wildman–Crippen MR) is 87.6 cm³/mol. The van der Waals surface area contributed by atoms with E-state index in [1.54, 1.807) is 0 Å². The fourth-order valence-corrected chi connectivity index (χ4v) is 4.24. The van der Waals surface area contributed by atoms with Gasteiger partial charge in [0, 0.05) is 32.8 Å². The van der Waals surface area contributed by atoms with Gasteiger partial charge in [0.25, 0.3) is 0 Å². The molecule has 3 nitrogen and oxygen atoms in total. The van der Waals surface area contributed by atoms with Crippen LogP contribution in [0.5, 0.6) is 0 Å². The van der Waals surface area contributed by atoms with Crippen LogP contribution in [0.2, 0.25) is 0 Å². The molecule has 1 atom stereocenters. The van der Waals surface area contributed by atoms with Crippen LogP contribution in [-0.2, 0) is 4.74 Å². The summed E-state index contributed by atoms with van der Waals surface area (Å²) >= 11 is 0. The number of methoxy groups -OCH3 is 1. The Kier molecular flexibility index (Phi) is 5.23. The second-order valence-corrected chi connectivity index (χ2v) is 8.07. The highest BCUT2D eigenvalue weighted by molar-refractivity contribution is 4.93. The van der Waals surface area contributed by atoms with Crippen molar-refractivity contribution in [3.05, 3.63) is 0 Å². The van der Waals surface area contributed by atoms with E-state index in [-0.39, 0.29) is 0 Å². The third-order valence-corrected chi connectivity index (χ3v) is 6.03. The van der Waals surface area contributed by atoms with E-state index in [2.05, 4.69) is 17.1 Å². The van der Waals surface area contributed by atoms with Crippen LogP contribution in [0.25, 0.3) is 0 Å². The maximum Gasteiger partial charge on any atom is 0.0698 e. The molecule has 2 aliphatic carbocycles. The summed E-state index contributed by atoms with van der Waals surface area (Å²) in [6, 6.07) is 0.842. The monoisotopic (exact) mass is 294 g/mol. The van der Waals surface area contributed by atoms with E-state index >= 15 is 0 Å². The van der Waals surface area contributed by atoms with Gasteiger partial charge in [0.05, 0.1) is 6.10 Å². The van der Waals surface area contributed by atoms with E-state index in [1.165, 1.54) is 71.0 Å². The second-order valence-electron chi connectivity index (χ2n) is 8.07. The lowest BCUT2D eigenvalue weighted by molar-refractivity contribution is 0.00364. The summed E-state index contributed by atoms with van der Waals surface area (Å²) in [5, 5.41) is 3.84. The van der Waals surface area contributed by atoms with Crippen LogP contribution >= 0.6 is 0 Å². The molecule has 0 aromatic carbocycles. The minimum absolute atomic E-state index is 0.467. The van der Waals surface area contributed by atoms with Crippen LogP contribution in [0.3, 0.4) is 0 Å². The molecule has 3 heteroatoms. The number of rotatable bonds is 6. The summed E-state index contributed by atoms with van der Waals surface area (Å²) < 4.78 is 5.61. The van der Waals surface area contributed by atoms with E-state index in [0.29, 0.717) is 11.5 Å². The summed E-state index contributed by atoms with van der Waals surface area (Å²) in [4.78, 5) is 2.70. The first-order valence-electron chi connectivity index (χ1n) is 9.18. The Hall–Kier alpha value is -0.120. The topological polar surface area (TPSA) is 24.5 Å². The summed E-state index contributed by atoms with van der Waals surface area (Å²) in [5.41, 5.74) is 0.532. The zero-order valence-corrected chi connectivity index (χ0v) is 14.1. The van der Waals surface area contributed by atoms with Crippen molar-refractivity contribution in [2.24, 2.45) is 11.3 Å². The number of nitrogens with one attached hydrogen (secondary N) is 1. The van der Waals surface area contributed by atoms with Crippen LogP contribution in [-0.4, -0.2) is 50.3 Å². The van der Waals surface area contributed by atoms with Crippen molar-refractivity contribution in [3.63, 3.8) is 0 Å². The van der Waals surface area contributed by atoms with Crippen LogP contribution in [0.1, 0.15) is 58.3 Å². The van der Waals surface area contributed by atoms with Gasteiger partial charge < -0.3 is 15.0 Å². The number of piperidine rings is 1. The van der Waals surface area contributed by atoms with E-state index in [1.807, 2.05) is 7.11 Å². The van der Waals surface area contributed by atoms with Crippen molar-refractivity contribution in [2.75, 3.05) is 33.3 Å². The van der Waals surface area contributed by atoms with Crippen LogP contribution in [0.15, 0.2) is 0 Å². The Morgan fingerprint density at radius 2 is 1.90 bits per heavy atom. The molecule has 1 N–H and O–H groups in total. The predicted octanol–water partition coefficient (Wildman–Crippen LogP) is 3.05. The van der Waals surface area contributed by atoms with E-state index in [0.717, 1.165) is 18.5 Å². The molecule has 0 amide bonds. The molecule has 122 valence electrons. The number of hydrogen-bond acceptors (Lipinski definition) is 3. The van der Waals surface area contributed by atoms with Gasteiger partial charge in [0.1, 0.15) is 0 Å². The van der Waals surface area contributed by atoms with Gasteiger partial charge in [-0.15, -0.1) is 0 Å². The van der Waals surface area contributed by atoms with Gasteiger partial charge in [0.15, 0.2) is 0 Å². The highest BCUT2D eigenvalue weighted by Crippen LogP contribution is 2.40. The number of hydrogen-bond donors (Lipinski definition) is 1. The fourth-order valence-electron chi connectivity index (χ4n) is 4.24. The Balaban J connectivity index is 1.57. The summed E-state index contributed by atoms with van der Waals surface area (Å²) in [7, 11) is 1.88. The van der Waals surface area contributed by atoms with Crippen molar-refractivity contribution >= 4 is 0 Å². The number of ether oxygens (including phenoxy) is 1. The van der Waals surface area contributed by atoms with Gasteiger partial charge >= 0.3 is 0 Å². The van der Waals surface area contributed by atoms with Crippen molar-refractivity contribution in [1.82, 2.24) is 10.2 Å².